The van der Waals surface area contributed by atoms with Crippen LogP contribution in [-0.4, -0.2) is 30.4 Å². The molecule has 2 saturated heterocycles. The van der Waals surface area contributed by atoms with Crippen molar-refractivity contribution in [1.29, 1.82) is 0 Å². The van der Waals surface area contributed by atoms with Crippen molar-refractivity contribution in [2.24, 2.45) is 0 Å². The quantitative estimate of drug-likeness (QED) is 0.757. The first-order chi connectivity index (χ1) is 10.7. The molecule has 0 aliphatic carbocycles. The van der Waals surface area contributed by atoms with Gasteiger partial charge in [0, 0.05) is 39.2 Å². The Bertz CT molecular complexity index is 742. The van der Waals surface area contributed by atoms with Gasteiger partial charge in [-0.05, 0) is 37.5 Å². The number of hydrogen-bond donors (Lipinski definition) is 3. The Hall–Kier alpha value is -1.92. The van der Waals surface area contributed by atoms with Crippen LogP contribution in [-0.2, 0) is 4.79 Å². The molecule has 2 aliphatic heterocycles. The lowest BCUT2D eigenvalue weighted by molar-refractivity contribution is -0.105. The van der Waals surface area contributed by atoms with Crippen LogP contribution in [0.3, 0.4) is 0 Å². The van der Waals surface area contributed by atoms with Gasteiger partial charge < -0.3 is 16.0 Å². The molecule has 2 aliphatic rings. The molecule has 0 unspecified atom stereocenters. The average molecular weight is 315 g/mol. The highest BCUT2D eigenvalue weighted by Crippen LogP contribution is 2.31. The molecular weight excluding hydrogens is 298 g/mol. The molecule has 22 heavy (non-hydrogen) atoms. The van der Waals surface area contributed by atoms with E-state index >= 15 is 0 Å². The van der Waals surface area contributed by atoms with E-state index in [-0.39, 0.29) is 11.9 Å². The fourth-order valence-corrected chi connectivity index (χ4v) is 4.46. The summed E-state index contributed by atoms with van der Waals surface area (Å²) in [5.74, 6) is -0.0375. The van der Waals surface area contributed by atoms with Gasteiger partial charge >= 0.3 is 0 Å². The zero-order valence-electron chi connectivity index (χ0n) is 12.0. The minimum absolute atomic E-state index is 0.0375. The summed E-state index contributed by atoms with van der Waals surface area (Å²) in [4.78, 5) is 23.1. The van der Waals surface area contributed by atoms with Gasteiger partial charge in [0.05, 0.1) is 5.69 Å². The van der Waals surface area contributed by atoms with Crippen LogP contribution in [0.25, 0.3) is 10.1 Å². The van der Waals surface area contributed by atoms with E-state index in [2.05, 4.69) is 16.0 Å². The SMILES string of the molecule is O=CNc1csc2ccc(C(=O)N[C@@H]3C[C@H]4CC[C@@H]3N4)cc12. The van der Waals surface area contributed by atoms with Gasteiger partial charge in [0.2, 0.25) is 6.41 Å². The number of fused-ring (bicyclic) bond motifs is 3. The molecule has 2 aromatic rings. The van der Waals surface area contributed by atoms with Crippen molar-refractivity contribution in [3.8, 4) is 0 Å². The van der Waals surface area contributed by atoms with Gasteiger partial charge in [0.15, 0.2) is 0 Å². The van der Waals surface area contributed by atoms with Gasteiger partial charge in [-0.15, -0.1) is 11.3 Å². The summed E-state index contributed by atoms with van der Waals surface area (Å²) in [6.45, 7) is 0. The van der Waals surface area contributed by atoms with Crippen LogP contribution in [0.4, 0.5) is 5.69 Å². The molecule has 6 heteroatoms. The number of rotatable bonds is 4. The fraction of sp³-hybridized carbons (Fsp3) is 0.375. The predicted molar refractivity (Wildman–Crippen MR) is 87.3 cm³/mol. The predicted octanol–water partition coefficient (Wildman–Crippen LogP) is 2.09. The van der Waals surface area contributed by atoms with Crippen molar-refractivity contribution in [3.05, 3.63) is 29.1 Å². The number of nitrogens with one attached hydrogen (secondary N) is 3. The van der Waals surface area contributed by atoms with E-state index in [0.29, 0.717) is 24.1 Å². The van der Waals surface area contributed by atoms with E-state index in [4.69, 9.17) is 0 Å². The normalized spacial score (nSPS) is 26.3. The Labute approximate surface area is 132 Å². The second-order valence-electron chi connectivity index (χ2n) is 5.99. The molecule has 0 radical (unpaired) electrons. The number of carbonyl (C=O) groups excluding carboxylic acids is 2. The molecule has 0 saturated carbocycles. The molecular formula is C16H17N3O2S. The van der Waals surface area contributed by atoms with E-state index in [1.54, 1.807) is 11.3 Å². The molecule has 4 rings (SSSR count). The summed E-state index contributed by atoms with van der Waals surface area (Å²) in [5, 5.41) is 12.2. The molecule has 3 atom stereocenters. The van der Waals surface area contributed by atoms with Crippen LogP contribution < -0.4 is 16.0 Å². The molecule has 2 fully saturated rings. The number of amides is 2. The zero-order valence-corrected chi connectivity index (χ0v) is 12.8. The summed E-state index contributed by atoms with van der Waals surface area (Å²) in [6, 6.07) is 6.86. The lowest BCUT2D eigenvalue weighted by Crippen LogP contribution is -2.42. The summed E-state index contributed by atoms with van der Waals surface area (Å²) in [5.41, 5.74) is 1.40. The highest BCUT2D eigenvalue weighted by atomic mass is 32.1. The van der Waals surface area contributed by atoms with Crippen molar-refractivity contribution in [3.63, 3.8) is 0 Å². The van der Waals surface area contributed by atoms with Crippen LogP contribution in [0.1, 0.15) is 29.6 Å². The van der Waals surface area contributed by atoms with Gasteiger partial charge in [-0.25, -0.2) is 0 Å². The van der Waals surface area contributed by atoms with Crippen LogP contribution >= 0.6 is 11.3 Å². The minimum atomic E-state index is -0.0375. The molecule has 5 nitrogen and oxygen atoms in total. The first-order valence-electron chi connectivity index (χ1n) is 7.53. The van der Waals surface area contributed by atoms with Crippen LogP contribution in [0.5, 0.6) is 0 Å². The molecule has 114 valence electrons. The smallest absolute Gasteiger partial charge is 0.251 e. The standard InChI is InChI=1S/C16H17N3O2S/c20-8-17-14-7-22-15-4-1-9(5-11(14)15)16(21)19-13-6-10-2-3-12(13)18-10/h1,4-5,7-8,10,12-13,18H,2-3,6H2,(H,17,20)(H,19,21)/t10-,12+,13-/m1/s1. The molecule has 3 heterocycles. The Kier molecular flexibility index (Phi) is 3.35. The molecule has 1 aromatic carbocycles. The molecule has 2 bridgehead atoms. The van der Waals surface area contributed by atoms with Gasteiger partial charge in [0.1, 0.15) is 0 Å². The second-order valence-corrected chi connectivity index (χ2v) is 6.90. The maximum absolute atomic E-state index is 12.5. The van der Waals surface area contributed by atoms with Crippen LogP contribution in [0.15, 0.2) is 23.6 Å². The number of thiophene rings is 1. The third kappa shape index (κ3) is 2.28. The van der Waals surface area contributed by atoms with Crippen molar-refractivity contribution >= 4 is 39.4 Å². The maximum Gasteiger partial charge on any atom is 0.251 e. The number of carbonyl (C=O) groups is 2. The lowest BCUT2D eigenvalue weighted by Gasteiger charge is -2.21. The van der Waals surface area contributed by atoms with Crippen molar-refractivity contribution in [2.75, 3.05) is 5.32 Å². The van der Waals surface area contributed by atoms with Crippen molar-refractivity contribution in [2.45, 2.75) is 37.4 Å². The Morgan fingerprint density at radius 3 is 3.00 bits per heavy atom. The van der Waals surface area contributed by atoms with Crippen LogP contribution in [0.2, 0.25) is 0 Å². The highest BCUT2D eigenvalue weighted by Gasteiger charge is 2.39. The van der Waals surface area contributed by atoms with Gasteiger partial charge in [-0.1, -0.05) is 0 Å². The Morgan fingerprint density at radius 2 is 2.27 bits per heavy atom. The summed E-state index contributed by atoms with van der Waals surface area (Å²) < 4.78 is 1.06. The summed E-state index contributed by atoms with van der Waals surface area (Å²) >= 11 is 1.55. The average Bonchev–Trinajstić information content (AvgIpc) is 3.23. The van der Waals surface area contributed by atoms with Crippen molar-refractivity contribution in [1.82, 2.24) is 10.6 Å². The highest BCUT2D eigenvalue weighted by molar-refractivity contribution is 7.17. The Morgan fingerprint density at radius 1 is 1.36 bits per heavy atom. The van der Waals surface area contributed by atoms with E-state index in [9.17, 15) is 9.59 Å². The molecule has 0 spiro atoms. The first-order valence-corrected chi connectivity index (χ1v) is 8.41. The maximum atomic E-state index is 12.5. The number of anilines is 1. The minimum Gasteiger partial charge on any atom is -0.348 e. The lowest BCUT2D eigenvalue weighted by atomic mass is 9.95. The van der Waals surface area contributed by atoms with E-state index in [1.165, 1.54) is 6.42 Å². The van der Waals surface area contributed by atoms with Crippen LogP contribution in [0, 0.1) is 0 Å². The monoisotopic (exact) mass is 315 g/mol. The first kappa shape index (κ1) is 13.7. The van der Waals surface area contributed by atoms with E-state index in [1.807, 2.05) is 23.6 Å². The summed E-state index contributed by atoms with van der Waals surface area (Å²) in [6.07, 6.45) is 4.05. The topological polar surface area (TPSA) is 70.2 Å². The van der Waals surface area contributed by atoms with Crippen molar-refractivity contribution < 1.29 is 9.59 Å². The molecule has 2 amide bonds. The van der Waals surface area contributed by atoms with Gasteiger partial charge in [0.25, 0.3) is 5.91 Å². The zero-order chi connectivity index (χ0) is 15.1. The second kappa shape index (κ2) is 5.37. The largest absolute Gasteiger partial charge is 0.348 e. The third-order valence-electron chi connectivity index (χ3n) is 4.67. The van der Waals surface area contributed by atoms with Gasteiger partial charge in [-0.2, -0.15) is 0 Å². The third-order valence-corrected chi connectivity index (χ3v) is 5.63. The molecule has 1 aromatic heterocycles. The number of hydrogen-bond acceptors (Lipinski definition) is 4. The summed E-state index contributed by atoms with van der Waals surface area (Å²) in [7, 11) is 0. The number of benzene rings is 1. The Balaban J connectivity index is 1.56. The fourth-order valence-electron chi connectivity index (χ4n) is 3.58. The van der Waals surface area contributed by atoms with Gasteiger partial charge in [-0.3, -0.25) is 9.59 Å². The van der Waals surface area contributed by atoms with E-state index < -0.39 is 0 Å². The van der Waals surface area contributed by atoms with E-state index in [0.717, 1.165) is 28.6 Å². The molecule has 3 N–H and O–H groups in total.